The molecule has 6 heteroatoms. The summed E-state index contributed by atoms with van der Waals surface area (Å²) in [6, 6.07) is 8.71. The molecule has 0 bridgehead atoms. The van der Waals surface area contributed by atoms with Crippen molar-refractivity contribution in [1.82, 2.24) is 5.32 Å². The number of halogens is 3. The Hall–Kier alpha value is -1.17. The Kier molecular flexibility index (Phi) is 5.34. The summed E-state index contributed by atoms with van der Waals surface area (Å²) in [6.45, 7) is -0.0988. The van der Waals surface area contributed by atoms with Crippen LogP contribution in [-0.4, -0.2) is 6.61 Å². The van der Waals surface area contributed by atoms with Crippen molar-refractivity contribution in [3.8, 4) is 5.75 Å². The van der Waals surface area contributed by atoms with E-state index in [0.29, 0.717) is 6.54 Å². The van der Waals surface area contributed by atoms with Crippen LogP contribution >= 0.6 is 22.9 Å². The van der Waals surface area contributed by atoms with Gasteiger partial charge in [0.05, 0.1) is 4.34 Å². The first-order valence-electron chi connectivity index (χ1n) is 6.05. The zero-order chi connectivity index (χ0) is 14.5. The van der Waals surface area contributed by atoms with Crippen LogP contribution in [0, 0.1) is 0 Å². The highest BCUT2D eigenvalue weighted by molar-refractivity contribution is 7.14. The Labute approximate surface area is 125 Å². The standard InChI is InChI=1S/C14H14ClF2NOS/c1-9(11-6-13(15)20-8-11)18-7-10-2-4-12(5-3-10)19-14(16)17/h2-6,8-9,14,18H,7H2,1H3. The first-order valence-corrected chi connectivity index (χ1v) is 7.31. The number of thiophene rings is 1. The number of nitrogens with one attached hydrogen (secondary N) is 1. The number of hydrogen-bond acceptors (Lipinski definition) is 3. The number of alkyl halides is 2. The molecule has 2 aromatic rings. The summed E-state index contributed by atoms with van der Waals surface area (Å²) < 4.78 is 29.1. The molecule has 0 saturated carbocycles. The Bertz CT molecular complexity index is 544. The molecule has 2 rings (SSSR count). The van der Waals surface area contributed by atoms with Crippen LogP contribution in [0.5, 0.6) is 5.75 Å². The Morgan fingerprint density at radius 2 is 2.00 bits per heavy atom. The molecule has 1 atom stereocenters. The van der Waals surface area contributed by atoms with Crippen LogP contribution in [0.25, 0.3) is 0 Å². The van der Waals surface area contributed by atoms with E-state index in [1.165, 1.54) is 23.5 Å². The van der Waals surface area contributed by atoms with Crippen LogP contribution < -0.4 is 10.1 Å². The van der Waals surface area contributed by atoms with Crippen LogP contribution in [0.3, 0.4) is 0 Å². The topological polar surface area (TPSA) is 21.3 Å². The fraction of sp³-hybridized carbons (Fsp3) is 0.286. The quantitative estimate of drug-likeness (QED) is 0.822. The van der Waals surface area contributed by atoms with E-state index < -0.39 is 6.61 Å². The van der Waals surface area contributed by atoms with Gasteiger partial charge in [0.2, 0.25) is 0 Å². The second-order valence-electron chi connectivity index (χ2n) is 4.31. The first-order chi connectivity index (χ1) is 9.54. The summed E-state index contributed by atoms with van der Waals surface area (Å²) in [7, 11) is 0. The molecule has 2 nitrogen and oxygen atoms in total. The fourth-order valence-electron chi connectivity index (χ4n) is 1.73. The smallest absolute Gasteiger partial charge is 0.387 e. The van der Waals surface area contributed by atoms with E-state index in [-0.39, 0.29) is 11.8 Å². The van der Waals surface area contributed by atoms with E-state index >= 15 is 0 Å². The number of hydrogen-bond donors (Lipinski definition) is 1. The lowest BCUT2D eigenvalue weighted by Crippen LogP contribution is -2.17. The third kappa shape index (κ3) is 4.44. The lowest BCUT2D eigenvalue weighted by Gasteiger charge is -2.12. The highest BCUT2D eigenvalue weighted by atomic mass is 35.5. The molecule has 108 valence electrons. The second-order valence-corrected chi connectivity index (χ2v) is 5.85. The van der Waals surface area contributed by atoms with Crippen molar-refractivity contribution >= 4 is 22.9 Å². The molecule has 0 fully saturated rings. The first kappa shape index (κ1) is 15.2. The second kappa shape index (κ2) is 7.02. The molecule has 1 aromatic heterocycles. The molecule has 20 heavy (non-hydrogen) atoms. The molecule has 0 aliphatic heterocycles. The molecular weight excluding hydrogens is 304 g/mol. The molecule has 0 spiro atoms. The highest BCUT2D eigenvalue weighted by Gasteiger charge is 2.08. The Balaban J connectivity index is 1.87. The maximum absolute atomic E-state index is 12.0. The summed E-state index contributed by atoms with van der Waals surface area (Å²) in [5.74, 6) is 0.168. The average molecular weight is 318 g/mol. The van der Waals surface area contributed by atoms with E-state index in [1.807, 2.05) is 18.4 Å². The SMILES string of the molecule is CC(NCc1ccc(OC(F)F)cc1)c1csc(Cl)c1. The number of benzene rings is 1. The predicted octanol–water partition coefficient (Wildman–Crippen LogP) is 4.85. The van der Waals surface area contributed by atoms with Gasteiger partial charge < -0.3 is 10.1 Å². The minimum absolute atomic E-state index is 0.168. The van der Waals surface area contributed by atoms with Crippen LogP contribution in [0.4, 0.5) is 8.78 Å². The van der Waals surface area contributed by atoms with Gasteiger partial charge in [0.15, 0.2) is 0 Å². The minimum atomic E-state index is -2.79. The van der Waals surface area contributed by atoms with Crippen molar-refractivity contribution in [2.45, 2.75) is 26.1 Å². The molecule has 1 aromatic carbocycles. The fourth-order valence-corrected chi connectivity index (χ4v) is 2.71. The van der Waals surface area contributed by atoms with Crippen molar-refractivity contribution in [2.75, 3.05) is 0 Å². The van der Waals surface area contributed by atoms with Crippen LogP contribution in [0.15, 0.2) is 35.7 Å². The average Bonchev–Trinajstić information content (AvgIpc) is 2.84. The largest absolute Gasteiger partial charge is 0.435 e. The van der Waals surface area contributed by atoms with Gasteiger partial charge in [0.1, 0.15) is 5.75 Å². The van der Waals surface area contributed by atoms with Crippen molar-refractivity contribution in [1.29, 1.82) is 0 Å². The van der Waals surface area contributed by atoms with Crippen LogP contribution in [-0.2, 0) is 6.54 Å². The maximum Gasteiger partial charge on any atom is 0.387 e. The lowest BCUT2D eigenvalue weighted by molar-refractivity contribution is -0.0498. The van der Waals surface area contributed by atoms with Gasteiger partial charge >= 0.3 is 6.61 Å². The Morgan fingerprint density at radius 3 is 2.55 bits per heavy atom. The minimum Gasteiger partial charge on any atom is -0.435 e. The van der Waals surface area contributed by atoms with Crippen molar-refractivity contribution < 1.29 is 13.5 Å². The molecule has 1 unspecified atom stereocenters. The summed E-state index contributed by atoms with van der Waals surface area (Å²) in [5, 5.41) is 5.36. The Morgan fingerprint density at radius 1 is 1.30 bits per heavy atom. The van der Waals surface area contributed by atoms with E-state index in [9.17, 15) is 8.78 Å². The van der Waals surface area contributed by atoms with E-state index in [2.05, 4.69) is 10.1 Å². The molecule has 0 saturated heterocycles. The number of rotatable bonds is 6. The van der Waals surface area contributed by atoms with Gasteiger partial charge in [-0.2, -0.15) is 8.78 Å². The van der Waals surface area contributed by atoms with Gasteiger partial charge in [-0.25, -0.2) is 0 Å². The van der Waals surface area contributed by atoms with E-state index in [0.717, 1.165) is 15.5 Å². The van der Waals surface area contributed by atoms with Gasteiger partial charge in [-0.1, -0.05) is 23.7 Å². The van der Waals surface area contributed by atoms with Crippen LogP contribution in [0.2, 0.25) is 4.34 Å². The molecule has 0 aliphatic carbocycles. The van der Waals surface area contributed by atoms with Crippen molar-refractivity contribution in [2.24, 2.45) is 0 Å². The third-order valence-corrected chi connectivity index (χ3v) is 3.96. The maximum atomic E-state index is 12.0. The molecule has 0 amide bonds. The van der Waals surface area contributed by atoms with Gasteiger partial charge in [-0.3, -0.25) is 0 Å². The zero-order valence-electron chi connectivity index (χ0n) is 10.8. The summed E-state index contributed by atoms with van der Waals surface area (Å²) in [5.41, 5.74) is 2.14. The zero-order valence-corrected chi connectivity index (χ0v) is 12.3. The summed E-state index contributed by atoms with van der Waals surface area (Å²) in [4.78, 5) is 0. The van der Waals surface area contributed by atoms with Gasteiger partial charge in [0.25, 0.3) is 0 Å². The molecular formula is C14H14ClF2NOS. The van der Waals surface area contributed by atoms with Crippen LogP contribution in [0.1, 0.15) is 24.1 Å². The molecule has 0 radical (unpaired) electrons. The molecule has 1 heterocycles. The summed E-state index contributed by atoms with van der Waals surface area (Å²) >= 11 is 7.40. The highest BCUT2D eigenvalue weighted by Crippen LogP contribution is 2.25. The normalized spacial score (nSPS) is 12.7. The lowest BCUT2D eigenvalue weighted by atomic mass is 10.1. The van der Waals surface area contributed by atoms with Gasteiger partial charge in [0, 0.05) is 12.6 Å². The van der Waals surface area contributed by atoms with E-state index in [1.54, 1.807) is 12.1 Å². The summed E-state index contributed by atoms with van der Waals surface area (Å²) in [6.07, 6.45) is 0. The van der Waals surface area contributed by atoms with E-state index in [4.69, 9.17) is 11.6 Å². The van der Waals surface area contributed by atoms with Gasteiger partial charge in [-0.15, -0.1) is 11.3 Å². The molecule has 0 aliphatic rings. The molecule has 1 N–H and O–H groups in total. The number of ether oxygens (including phenoxy) is 1. The van der Waals surface area contributed by atoms with Crippen molar-refractivity contribution in [3.63, 3.8) is 0 Å². The van der Waals surface area contributed by atoms with Gasteiger partial charge in [-0.05, 0) is 41.6 Å². The monoisotopic (exact) mass is 317 g/mol. The third-order valence-electron chi connectivity index (χ3n) is 2.85. The van der Waals surface area contributed by atoms with Crippen molar-refractivity contribution in [3.05, 3.63) is 51.2 Å². The predicted molar refractivity (Wildman–Crippen MR) is 77.7 cm³/mol.